The van der Waals surface area contributed by atoms with E-state index in [-0.39, 0.29) is 43.3 Å². The van der Waals surface area contributed by atoms with Gasteiger partial charge in [-0.2, -0.15) is 0 Å². The fraction of sp³-hybridized carbons (Fsp3) is 0.359. The predicted octanol–water partition coefficient (Wildman–Crippen LogP) is 5.74. The van der Waals surface area contributed by atoms with E-state index in [9.17, 15) is 19.5 Å². The molecular formula is C39H48N2O6. The Labute approximate surface area is 278 Å². The standard InChI is InChI=1S/C39H48N2O6/c1-4-6-18-34(23-30-14-9-7-10-15-30)39(45)47-27-29(3)40-38(44)33(13-5-2)25-37(43)41-35(26-42)24-31-19-21-36(22-20-31)46-28-32-16-11-8-12-17-32/h4-5,7-12,14-17,19-22,29,33-35,42H,1-2,6,13,18,23-28H2,3H3,(H,40,44)(H,41,43)/t29-,33+,34+,35-/m0/s1. The molecule has 3 rings (SSSR count). The van der Waals surface area contributed by atoms with Gasteiger partial charge in [-0.25, -0.2) is 0 Å². The van der Waals surface area contributed by atoms with Crippen molar-refractivity contribution in [3.8, 4) is 5.75 Å². The molecule has 0 aliphatic rings. The minimum atomic E-state index is -0.663. The zero-order chi connectivity index (χ0) is 33.9. The van der Waals surface area contributed by atoms with Crippen LogP contribution in [0.1, 0.15) is 49.3 Å². The minimum Gasteiger partial charge on any atom is -0.489 e. The summed E-state index contributed by atoms with van der Waals surface area (Å²) < 4.78 is 11.4. The van der Waals surface area contributed by atoms with Gasteiger partial charge < -0.3 is 25.2 Å². The van der Waals surface area contributed by atoms with E-state index in [0.29, 0.717) is 38.7 Å². The van der Waals surface area contributed by atoms with E-state index in [1.807, 2.05) is 84.9 Å². The Kier molecular flexibility index (Phi) is 16.0. The van der Waals surface area contributed by atoms with Gasteiger partial charge in [0.05, 0.1) is 30.5 Å². The number of benzene rings is 3. The van der Waals surface area contributed by atoms with Crippen molar-refractivity contribution in [3.05, 3.63) is 127 Å². The van der Waals surface area contributed by atoms with Crippen LogP contribution in [-0.2, 0) is 38.6 Å². The fourth-order valence-electron chi connectivity index (χ4n) is 5.15. The lowest BCUT2D eigenvalue weighted by atomic mass is 9.95. The Morgan fingerprint density at radius 2 is 1.45 bits per heavy atom. The maximum atomic E-state index is 13.1. The van der Waals surface area contributed by atoms with Crippen LogP contribution in [0.25, 0.3) is 0 Å². The van der Waals surface area contributed by atoms with Gasteiger partial charge in [-0.15, -0.1) is 13.2 Å². The number of rotatable bonds is 21. The highest BCUT2D eigenvalue weighted by Crippen LogP contribution is 2.18. The van der Waals surface area contributed by atoms with Crippen molar-refractivity contribution in [1.29, 1.82) is 0 Å². The summed E-state index contributed by atoms with van der Waals surface area (Å²) in [5.41, 5.74) is 3.05. The van der Waals surface area contributed by atoms with Gasteiger partial charge in [0, 0.05) is 6.42 Å². The van der Waals surface area contributed by atoms with Crippen molar-refractivity contribution in [1.82, 2.24) is 10.6 Å². The maximum Gasteiger partial charge on any atom is 0.309 e. The van der Waals surface area contributed by atoms with Crippen molar-refractivity contribution in [3.63, 3.8) is 0 Å². The molecule has 0 bridgehead atoms. The molecule has 250 valence electrons. The van der Waals surface area contributed by atoms with Gasteiger partial charge in [-0.1, -0.05) is 84.9 Å². The molecule has 3 aromatic carbocycles. The van der Waals surface area contributed by atoms with Gasteiger partial charge in [0.1, 0.15) is 19.0 Å². The molecule has 2 amide bonds. The molecule has 0 saturated carbocycles. The van der Waals surface area contributed by atoms with Crippen molar-refractivity contribution in [2.75, 3.05) is 13.2 Å². The van der Waals surface area contributed by atoms with E-state index in [1.54, 1.807) is 19.1 Å². The van der Waals surface area contributed by atoms with Crippen LogP contribution in [0.3, 0.4) is 0 Å². The lowest BCUT2D eigenvalue weighted by Crippen LogP contribution is -2.44. The number of aliphatic hydroxyl groups excluding tert-OH is 1. The summed E-state index contributed by atoms with van der Waals surface area (Å²) in [6.45, 7) is 9.48. The van der Waals surface area contributed by atoms with Crippen LogP contribution < -0.4 is 15.4 Å². The predicted molar refractivity (Wildman–Crippen MR) is 184 cm³/mol. The number of hydrogen-bond acceptors (Lipinski definition) is 6. The summed E-state index contributed by atoms with van der Waals surface area (Å²) >= 11 is 0. The topological polar surface area (TPSA) is 114 Å². The van der Waals surface area contributed by atoms with E-state index >= 15 is 0 Å². The molecule has 0 spiro atoms. The van der Waals surface area contributed by atoms with Gasteiger partial charge in [-0.05, 0) is 67.9 Å². The molecule has 0 fully saturated rings. The van der Waals surface area contributed by atoms with Crippen molar-refractivity contribution < 1.29 is 29.0 Å². The Morgan fingerprint density at radius 3 is 2.06 bits per heavy atom. The van der Waals surface area contributed by atoms with E-state index in [0.717, 1.165) is 22.4 Å². The first-order valence-electron chi connectivity index (χ1n) is 16.2. The van der Waals surface area contributed by atoms with Gasteiger partial charge in [0.2, 0.25) is 11.8 Å². The van der Waals surface area contributed by atoms with Gasteiger partial charge >= 0.3 is 5.97 Å². The highest BCUT2D eigenvalue weighted by atomic mass is 16.5. The average molecular weight is 641 g/mol. The van der Waals surface area contributed by atoms with Crippen LogP contribution in [0.5, 0.6) is 5.75 Å². The number of nitrogens with one attached hydrogen (secondary N) is 2. The van der Waals surface area contributed by atoms with Crippen LogP contribution in [0, 0.1) is 11.8 Å². The summed E-state index contributed by atoms with van der Waals surface area (Å²) in [4.78, 5) is 39.0. The molecule has 4 atom stereocenters. The maximum absolute atomic E-state index is 13.1. The molecule has 3 N–H and O–H groups in total. The van der Waals surface area contributed by atoms with Gasteiger partial charge in [-0.3, -0.25) is 14.4 Å². The zero-order valence-corrected chi connectivity index (χ0v) is 27.3. The molecule has 8 nitrogen and oxygen atoms in total. The summed E-state index contributed by atoms with van der Waals surface area (Å²) in [5.74, 6) is -1.25. The quantitative estimate of drug-likeness (QED) is 0.101. The van der Waals surface area contributed by atoms with E-state index in [1.165, 1.54) is 0 Å². The Morgan fingerprint density at radius 1 is 0.809 bits per heavy atom. The first-order valence-corrected chi connectivity index (χ1v) is 16.2. The number of amides is 2. The largest absolute Gasteiger partial charge is 0.489 e. The van der Waals surface area contributed by atoms with Crippen LogP contribution in [0.4, 0.5) is 0 Å². The van der Waals surface area contributed by atoms with Crippen molar-refractivity contribution >= 4 is 17.8 Å². The molecule has 0 aromatic heterocycles. The Balaban J connectivity index is 1.46. The van der Waals surface area contributed by atoms with Crippen LogP contribution in [-0.4, -0.2) is 48.2 Å². The summed E-state index contributed by atoms with van der Waals surface area (Å²) in [7, 11) is 0. The van der Waals surface area contributed by atoms with E-state index in [2.05, 4.69) is 23.8 Å². The number of hydrogen-bond donors (Lipinski definition) is 3. The van der Waals surface area contributed by atoms with Crippen LogP contribution in [0.2, 0.25) is 0 Å². The Bertz CT molecular complexity index is 1390. The number of carbonyl (C=O) groups is 3. The van der Waals surface area contributed by atoms with Crippen LogP contribution in [0.15, 0.2) is 110 Å². The molecular weight excluding hydrogens is 592 g/mol. The zero-order valence-electron chi connectivity index (χ0n) is 27.3. The smallest absolute Gasteiger partial charge is 0.309 e. The van der Waals surface area contributed by atoms with E-state index < -0.39 is 18.0 Å². The van der Waals surface area contributed by atoms with Gasteiger partial charge in [0.25, 0.3) is 0 Å². The third-order valence-electron chi connectivity index (χ3n) is 7.73. The minimum absolute atomic E-state index is 0.0135. The van der Waals surface area contributed by atoms with Gasteiger partial charge in [0.15, 0.2) is 0 Å². The lowest BCUT2D eigenvalue weighted by molar-refractivity contribution is -0.150. The second-order valence-corrected chi connectivity index (χ2v) is 11.8. The summed E-state index contributed by atoms with van der Waals surface area (Å²) in [6, 6.07) is 26.2. The fourth-order valence-corrected chi connectivity index (χ4v) is 5.15. The van der Waals surface area contributed by atoms with Crippen molar-refractivity contribution in [2.24, 2.45) is 11.8 Å². The monoisotopic (exact) mass is 640 g/mol. The van der Waals surface area contributed by atoms with Crippen molar-refractivity contribution in [2.45, 2.75) is 64.1 Å². The molecule has 8 heteroatoms. The third-order valence-corrected chi connectivity index (χ3v) is 7.73. The number of allylic oxidation sites excluding steroid dienone is 2. The summed E-state index contributed by atoms with van der Waals surface area (Å²) in [6.07, 6.45) is 5.90. The highest BCUT2D eigenvalue weighted by molar-refractivity contribution is 5.86. The number of ether oxygens (including phenoxy) is 2. The highest BCUT2D eigenvalue weighted by Gasteiger charge is 2.25. The molecule has 0 heterocycles. The second-order valence-electron chi connectivity index (χ2n) is 11.8. The Hall–Kier alpha value is -4.69. The SMILES string of the molecule is C=CCC[C@H](Cc1ccccc1)C(=O)OC[C@H](C)NC(=O)[C@H](CC=C)CC(=O)N[C@H](CO)Cc1ccc(OCc2ccccc2)cc1. The second kappa shape index (κ2) is 20.4. The lowest BCUT2D eigenvalue weighted by Gasteiger charge is -2.22. The third kappa shape index (κ3) is 13.7. The molecule has 0 unspecified atom stereocenters. The first-order chi connectivity index (χ1) is 22.8. The van der Waals surface area contributed by atoms with E-state index in [4.69, 9.17) is 9.47 Å². The average Bonchev–Trinajstić information content (AvgIpc) is 3.09. The van der Waals surface area contributed by atoms with Crippen LogP contribution >= 0.6 is 0 Å². The summed E-state index contributed by atoms with van der Waals surface area (Å²) in [5, 5.41) is 15.7. The molecule has 0 aliphatic heterocycles. The molecule has 47 heavy (non-hydrogen) atoms. The normalized spacial score (nSPS) is 13.3. The molecule has 3 aromatic rings. The number of carbonyl (C=O) groups excluding carboxylic acids is 3. The molecule has 0 saturated heterocycles. The first kappa shape index (κ1) is 36.8. The molecule has 0 aliphatic carbocycles. The number of esters is 1. The number of aliphatic hydroxyl groups is 1. The molecule has 0 radical (unpaired) electrons.